The van der Waals surface area contributed by atoms with Crippen LogP contribution in [-0.2, 0) is 0 Å². The van der Waals surface area contributed by atoms with E-state index in [9.17, 15) is 4.79 Å². The molecule has 0 atom stereocenters. The number of ketones is 1. The molecular weight excluding hydrogens is 224 g/mol. The van der Waals surface area contributed by atoms with Gasteiger partial charge in [-0.2, -0.15) is 0 Å². The summed E-state index contributed by atoms with van der Waals surface area (Å²) in [6.45, 7) is 5.30. The molecular formula is C8H7BrOS. The van der Waals surface area contributed by atoms with Gasteiger partial charge in [-0.3, -0.25) is 4.79 Å². The lowest BCUT2D eigenvalue weighted by molar-refractivity contribution is 0.103. The normalized spacial score (nSPS) is 9.64. The zero-order chi connectivity index (χ0) is 8.43. The first kappa shape index (κ1) is 8.68. The van der Waals surface area contributed by atoms with Crippen molar-refractivity contribution >= 4 is 33.0 Å². The van der Waals surface area contributed by atoms with Crippen LogP contribution in [0.4, 0.5) is 0 Å². The van der Waals surface area contributed by atoms with Crippen LogP contribution in [0.15, 0.2) is 28.1 Å². The molecule has 1 heterocycles. The molecule has 0 spiro atoms. The second-order valence-corrected chi connectivity index (χ2v) is 4.07. The van der Waals surface area contributed by atoms with E-state index in [2.05, 4.69) is 22.5 Å². The molecule has 1 aromatic heterocycles. The van der Waals surface area contributed by atoms with Gasteiger partial charge in [-0.1, -0.05) is 6.58 Å². The molecule has 0 aliphatic rings. The van der Waals surface area contributed by atoms with Gasteiger partial charge in [0.1, 0.15) is 0 Å². The lowest BCUT2D eigenvalue weighted by atomic mass is 10.2. The topological polar surface area (TPSA) is 17.1 Å². The SMILES string of the molecule is C=C(C)C(=O)c1cc(Br)cs1. The summed E-state index contributed by atoms with van der Waals surface area (Å²) in [4.78, 5) is 12.0. The van der Waals surface area contributed by atoms with Crippen molar-refractivity contribution in [1.82, 2.24) is 0 Å². The van der Waals surface area contributed by atoms with Gasteiger partial charge in [0.15, 0.2) is 5.78 Å². The molecule has 0 N–H and O–H groups in total. The molecule has 0 aliphatic carbocycles. The van der Waals surface area contributed by atoms with E-state index in [1.165, 1.54) is 11.3 Å². The highest BCUT2D eigenvalue weighted by atomic mass is 79.9. The molecule has 1 rings (SSSR count). The van der Waals surface area contributed by atoms with Gasteiger partial charge in [0.05, 0.1) is 4.88 Å². The summed E-state index contributed by atoms with van der Waals surface area (Å²) in [5, 5.41) is 1.89. The van der Waals surface area contributed by atoms with Gasteiger partial charge in [0.2, 0.25) is 0 Å². The Balaban J connectivity index is 2.94. The first-order valence-corrected chi connectivity index (χ1v) is 4.73. The smallest absolute Gasteiger partial charge is 0.198 e. The van der Waals surface area contributed by atoms with E-state index < -0.39 is 0 Å². The van der Waals surface area contributed by atoms with Gasteiger partial charge in [-0.15, -0.1) is 11.3 Å². The van der Waals surface area contributed by atoms with Crippen LogP contribution < -0.4 is 0 Å². The third-order valence-corrected chi connectivity index (χ3v) is 2.87. The fourth-order valence-corrected chi connectivity index (χ4v) is 2.09. The number of thiophene rings is 1. The van der Waals surface area contributed by atoms with Gasteiger partial charge < -0.3 is 0 Å². The monoisotopic (exact) mass is 230 g/mol. The second-order valence-electron chi connectivity index (χ2n) is 2.24. The number of allylic oxidation sites excluding steroid dienone is 1. The van der Waals surface area contributed by atoms with Crippen molar-refractivity contribution in [3.8, 4) is 0 Å². The van der Waals surface area contributed by atoms with Crippen LogP contribution in [0.5, 0.6) is 0 Å². The van der Waals surface area contributed by atoms with Crippen LogP contribution in [-0.4, -0.2) is 5.78 Å². The summed E-state index contributed by atoms with van der Waals surface area (Å²) in [6.07, 6.45) is 0. The Kier molecular flexibility index (Phi) is 2.62. The van der Waals surface area contributed by atoms with Gasteiger partial charge in [-0.25, -0.2) is 0 Å². The van der Waals surface area contributed by atoms with Gasteiger partial charge in [-0.05, 0) is 34.5 Å². The zero-order valence-electron chi connectivity index (χ0n) is 6.06. The average molecular weight is 231 g/mol. The summed E-state index contributed by atoms with van der Waals surface area (Å²) in [7, 11) is 0. The number of rotatable bonds is 2. The average Bonchev–Trinajstić information content (AvgIpc) is 2.34. The second kappa shape index (κ2) is 3.32. The van der Waals surface area contributed by atoms with Crippen LogP contribution >= 0.6 is 27.3 Å². The maximum absolute atomic E-state index is 11.2. The van der Waals surface area contributed by atoms with Crippen molar-refractivity contribution in [2.75, 3.05) is 0 Å². The molecule has 0 unspecified atom stereocenters. The fraction of sp³-hybridized carbons (Fsp3) is 0.125. The first-order valence-electron chi connectivity index (χ1n) is 3.05. The van der Waals surface area contributed by atoms with Crippen LogP contribution in [0.3, 0.4) is 0 Å². The van der Waals surface area contributed by atoms with E-state index in [1.54, 1.807) is 6.92 Å². The minimum Gasteiger partial charge on any atom is -0.288 e. The minimum absolute atomic E-state index is 0.0284. The molecule has 0 bridgehead atoms. The largest absolute Gasteiger partial charge is 0.288 e. The summed E-state index contributed by atoms with van der Waals surface area (Å²) in [5.41, 5.74) is 0.583. The Bertz CT molecular complexity index is 301. The van der Waals surface area contributed by atoms with Crippen LogP contribution in [0, 0.1) is 0 Å². The number of hydrogen-bond acceptors (Lipinski definition) is 2. The number of carbonyl (C=O) groups is 1. The molecule has 1 nitrogen and oxygen atoms in total. The number of hydrogen-bond donors (Lipinski definition) is 0. The number of carbonyl (C=O) groups excluding carboxylic acids is 1. The Hall–Kier alpha value is -0.410. The minimum atomic E-state index is 0.0284. The third-order valence-electron chi connectivity index (χ3n) is 1.18. The van der Waals surface area contributed by atoms with E-state index in [0.717, 1.165) is 9.35 Å². The van der Waals surface area contributed by atoms with E-state index in [1.807, 2.05) is 11.4 Å². The van der Waals surface area contributed by atoms with E-state index in [4.69, 9.17) is 0 Å². The highest BCUT2D eigenvalue weighted by Gasteiger charge is 2.07. The number of Topliss-reactive ketones (excluding diaryl/α,β-unsaturated/α-hetero) is 1. The standard InChI is InChI=1S/C8H7BrOS/c1-5(2)8(10)7-3-6(9)4-11-7/h3-4H,1H2,2H3. The summed E-state index contributed by atoms with van der Waals surface area (Å²) in [5.74, 6) is 0.0284. The highest BCUT2D eigenvalue weighted by Crippen LogP contribution is 2.21. The van der Waals surface area contributed by atoms with Crippen LogP contribution in [0.2, 0.25) is 0 Å². The molecule has 1 aromatic rings. The lowest BCUT2D eigenvalue weighted by Crippen LogP contribution is -1.94. The Morgan fingerprint density at radius 1 is 1.73 bits per heavy atom. The maximum atomic E-state index is 11.2. The van der Waals surface area contributed by atoms with Crippen molar-refractivity contribution in [2.24, 2.45) is 0 Å². The molecule has 0 saturated carbocycles. The molecule has 11 heavy (non-hydrogen) atoms. The number of halogens is 1. The molecule has 0 amide bonds. The fourth-order valence-electron chi connectivity index (χ4n) is 0.642. The first-order chi connectivity index (χ1) is 5.11. The predicted octanol–water partition coefficient (Wildman–Crippen LogP) is 3.27. The highest BCUT2D eigenvalue weighted by molar-refractivity contribution is 9.10. The quantitative estimate of drug-likeness (QED) is 0.563. The van der Waals surface area contributed by atoms with Crippen LogP contribution in [0.25, 0.3) is 0 Å². The molecule has 58 valence electrons. The predicted molar refractivity (Wildman–Crippen MR) is 51.2 cm³/mol. The van der Waals surface area contributed by atoms with Gasteiger partial charge >= 0.3 is 0 Å². The summed E-state index contributed by atoms with van der Waals surface area (Å²) in [6, 6.07) is 1.81. The third kappa shape index (κ3) is 2.01. The summed E-state index contributed by atoms with van der Waals surface area (Å²) < 4.78 is 0.951. The maximum Gasteiger partial charge on any atom is 0.198 e. The van der Waals surface area contributed by atoms with E-state index in [-0.39, 0.29) is 5.78 Å². The Labute approximate surface area is 77.9 Å². The van der Waals surface area contributed by atoms with E-state index >= 15 is 0 Å². The Morgan fingerprint density at radius 3 is 2.73 bits per heavy atom. The summed E-state index contributed by atoms with van der Waals surface area (Å²) >= 11 is 4.71. The van der Waals surface area contributed by atoms with Crippen molar-refractivity contribution < 1.29 is 4.79 Å². The van der Waals surface area contributed by atoms with Crippen LogP contribution in [0.1, 0.15) is 16.6 Å². The van der Waals surface area contributed by atoms with Crippen molar-refractivity contribution in [1.29, 1.82) is 0 Å². The molecule has 0 radical (unpaired) electrons. The van der Waals surface area contributed by atoms with Gasteiger partial charge in [0.25, 0.3) is 0 Å². The van der Waals surface area contributed by atoms with E-state index in [0.29, 0.717) is 5.57 Å². The molecule has 0 fully saturated rings. The lowest BCUT2D eigenvalue weighted by Gasteiger charge is -1.91. The molecule has 0 saturated heterocycles. The van der Waals surface area contributed by atoms with Crippen molar-refractivity contribution in [2.45, 2.75) is 6.92 Å². The van der Waals surface area contributed by atoms with Crippen molar-refractivity contribution in [3.05, 3.63) is 32.9 Å². The molecule has 0 aliphatic heterocycles. The zero-order valence-corrected chi connectivity index (χ0v) is 8.46. The Morgan fingerprint density at radius 2 is 2.36 bits per heavy atom. The molecule has 3 heteroatoms. The van der Waals surface area contributed by atoms with Crippen molar-refractivity contribution in [3.63, 3.8) is 0 Å². The molecule has 0 aromatic carbocycles. The van der Waals surface area contributed by atoms with Gasteiger partial charge in [0, 0.05) is 9.85 Å².